The third-order valence-electron chi connectivity index (χ3n) is 9.49. The number of aromatic nitrogens is 3. The zero-order valence-electron chi connectivity index (χ0n) is 26.8. The van der Waals surface area contributed by atoms with Crippen molar-refractivity contribution in [1.29, 1.82) is 5.26 Å². The number of benzene rings is 7. The fraction of sp³-hybridized carbons (Fsp3) is 0. The summed E-state index contributed by atoms with van der Waals surface area (Å²) in [5.74, 6) is 0. The molecule has 0 saturated carbocycles. The van der Waals surface area contributed by atoms with Gasteiger partial charge in [-0.05, 0) is 82.6 Å². The zero-order valence-corrected chi connectivity index (χ0v) is 28.5. The number of rotatable bonds is 4. The molecule has 0 atom stereocenters. The Balaban J connectivity index is 1.16. The molecular formula is C44H23N5S2. The van der Waals surface area contributed by atoms with Crippen molar-refractivity contribution in [3.63, 3.8) is 0 Å². The molecule has 236 valence electrons. The molecule has 0 radical (unpaired) electrons. The van der Waals surface area contributed by atoms with Gasteiger partial charge in [0.2, 0.25) is 0 Å². The maximum Gasteiger partial charge on any atom is 0.188 e. The van der Waals surface area contributed by atoms with E-state index in [1.807, 2.05) is 36.4 Å². The van der Waals surface area contributed by atoms with E-state index in [1.165, 1.54) is 16.3 Å². The maximum atomic E-state index is 9.44. The topological polar surface area (TPSA) is 58.9 Å². The average molecular weight is 686 g/mol. The highest BCUT2D eigenvalue weighted by molar-refractivity contribution is 7.22. The third kappa shape index (κ3) is 4.87. The van der Waals surface area contributed by atoms with E-state index < -0.39 is 0 Å². The molecule has 0 unspecified atom stereocenters. The van der Waals surface area contributed by atoms with Gasteiger partial charge < -0.3 is 4.57 Å². The molecule has 3 aromatic heterocycles. The van der Waals surface area contributed by atoms with Crippen LogP contribution in [0.3, 0.4) is 0 Å². The highest BCUT2D eigenvalue weighted by atomic mass is 32.1. The molecule has 7 aromatic carbocycles. The second kappa shape index (κ2) is 11.5. The van der Waals surface area contributed by atoms with Crippen molar-refractivity contribution in [3.05, 3.63) is 157 Å². The lowest BCUT2D eigenvalue weighted by Gasteiger charge is -2.11. The van der Waals surface area contributed by atoms with E-state index in [0.717, 1.165) is 74.6 Å². The van der Waals surface area contributed by atoms with Gasteiger partial charge in [-0.15, -0.1) is 22.7 Å². The van der Waals surface area contributed by atoms with Crippen LogP contribution in [0.1, 0.15) is 5.56 Å². The van der Waals surface area contributed by atoms with Gasteiger partial charge in [0.1, 0.15) is 10.0 Å². The second-order valence-electron chi connectivity index (χ2n) is 12.5. The molecule has 10 aromatic rings. The molecule has 0 N–H and O–H groups in total. The predicted octanol–water partition coefficient (Wildman–Crippen LogP) is 12.6. The van der Waals surface area contributed by atoms with Crippen LogP contribution < -0.4 is 0 Å². The van der Waals surface area contributed by atoms with Crippen LogP contribution in [-0.4, -0.2) is 14.5 Å². The quantitative estimate of drug-likeness (QED) is 0.173. The highest BCUT2D eigenvalue weighted by Crippen LogP contribution is 2.40. The van der Waals surface area contributed by atoms with Crippen molar-refractivity contribution >= 4 is 81.4 Å². The second-order valence-corrected chi connectivity index (χ2v) is 14.6. The van der Waals surface area contributed by atoms with Crippen LogP contribution in [0, 0.1) is 17.9 Å². The van der Waals surface area contributed by atoms with E-state index in [1.54, 1.807) is 22.7 Å². The van der Waals surface area contributed by atoms with Gasteiger partial charge >= 0.3 is 0 Å². The van der Waals surface area contributed by atoms with E-state index in [4.69, 9.17) is 16.5 Å². The molecule has 0 bridgehead atoms. The number of nitrogens with zero attached hydrogens (tertiary/aromatic N) is 5. The molecule has 51 heavy (non-hydrogen) atoms. The summed E-state index contributed by atoms with van der Waals surface area (Å²) in [6.45, 7) is 7.44. The lowest BCUT2D eigenvalue weighted by Crippen LogP contribution is -1.94. The van der Waals surface area contributed by atoms with E-state index >= 15 is 0 Å². The Labute approximate surface area is 300 Å². The van der Waals surface area contributed by atoms with E-state index in [0.29, 0.717) is 11.3 Å². The molecule has 10 rings (SSSR count). The minimum Gasteiger partial charge on any atom is -0.309 e. The van der Waals surface area contributed by atoms with Crippen molar-refractivity contribution in [3.8, 4) is 44.0 Å². The van der Waals surface area contributed by atoms with Crippen molar-refractivity contribution in [2.75, 3.05) is 0 Å². The monoisotopic (exact) mass is 685 g/mol. The molecule has 0 saturated heterocycles. The summed E-state index contributed by atoms with van der Waals surface area (Å²) in [4.78, 5) is 13.5. The molecular weight excluding hydrogens is 663 g/mol. The lowest BCUT2D eigenvalue weighted by molar-refractivity contribution is 1.18. The molecule has 0 aliphatic rings. The first-order valence-electron chi connectivity index (χ1n) is 16.4. The first-order valence-corrected chi connectivity index (χ1v) is 18.0. The van der Waals surface area contributed by atoms with Crippen molar-refractivity contribution in [2.24, 2.45) is 0 Å². The minimum absolute atomic E-state index is 0.620. The van der Waals surface area contributed by atoms with Gasteiger partial charge in [-0.25, -0.2) is 14.8 Å². The molecule has 0 amide bonds. The summed E-state index contributed by atoms with van der Waals surface area (Å²) in [6.07, 6.45) is 0. The van der Waals surface area contributed by atoms with Gasteiger partial charge in [-0.3, -0.25) is 0 Å². The summed E-state index contributed by atoms with van der Waals surface area (Å²) in [5.41, 5.74) is 10.7. The lowest BCUT2D eigenvalue weighted by atomic mass is 10.0. The Morgan fingerprint density at radius 2 is 1.18 bits per heavy atom. The molecule has 0 spiro atoms. The van der Waals surface area contributed by atoms with Crippen molar-refractivity contribution in [1.82, 2.24) is 14.5 Å². The van der Waals surface area contributed by atoms with Gasteiger partial charge in [-0.2, -0.15) is 5.26 Å². The number of thiazole rings is 2. The number of nitriles is 1. The summed E-state index contributed by atoms with van der Waals surface area (Å²) in [7, 11) is 0. The van der Waals surface area contributed by atoms with E-state index in [2.05, 4.69) is 119 Å². The van der Waals surface area contributed by atoms with Crippen molar-refractivity contribution < 1.29 is 0 Å². The maximum absolute atomic E-state index is 9.44. The minimum atomic E-state index is 0.620. The smallest absolute Gasteiger partial charge is 0.188 e. The first-order chi connectivity index (χ1) is 25.1. The average Bonchev–Trinajstić information content (AvgIpc) is 3.90. The van der Waals surface area contributed by atoms with E-state index in [9.17, 15) is 5.26 Å². The van der Waals surface area contributed by atoms with Crippen molar-refractivity contribution in [2.45, 2.75) is 0 Å². The largest absolute Gasteiger partial charge is 0.309 e. The van der Waals surface area contributed by atoms with Gasteiger partial charge in [0.05, 0.1) is 45.0 Å². The van der Waals surface area contributed by atoms with Crippen LogP contribution in [0.15, 0.2) is 140 Å². The third-order valence-corrected chi connectivity index (χ3v) is 11.6. The Hall–Kier alpha value is -6.64. The zero-order chi connectivity index (χ0) is 34.1. The predicted molar refractivity (Wildman–Crippen MR) is 212 cm³/mol. The SMILES string of the molecule is [C-]#[N+]c1ccc2nc(-c3ccc4c5ccc(-c6nc7ccc(C#N)cc7s6)cc5n(-c5ccc(-c6ccc7ccccc7c6)cc5)c4c3)sc2c1. The molecule has 0 fully saturated rings. The molecule has 0 aliphatic heterocycles. The normalized spacial score (nSPS) is 11.5. The van der Waals surface area contributed by atoms with Gasteiger partial charge in [0.25, 0.3) is 0 Å². The summed E-state index contributed by atoms with van der Waals surface area (Å²) >= 11 is 3.22. The van der Waals surface area contributed by atoms with Gasteiger partial charge in [-0.1, -0.05) is 78.9 Å². The van der Waals surface area contributed by atoms with Crippen LogP contribution in [0.2, 0.25) is 0 Å². The highest BCUT2D eigenvalue weighted by Gasteiger charge is 2.17. The van der Waals surface area contributed by atoms with E-state index in [-0.39, 0.29) is 0 Å². The number of hydrogen-bond acceptors (Lipinski definition) is 5. The fourth-order valence-corrected chi connectivity index (χ4v) is 8.95. The van der Waals surface area contributed by atoms with Crippen LogP contribution in [0.5, 0.6) is 0 Å². The number of fused-ring (bicyclic) bond motifs is 6. The molecule has 0 aliphatic carbocycles. The summed E-state index contributed by atoms with van der Waals surface area (Å²) in [6, 6.07) is 50.6. The first kappa shape index (κ1) is 29.3. The fourth-order valence-electron chi connectivity index (χ4n) is 6.96. The Kier molecular flexibility index (Phi) is 6.59. The van der Waals surface area contributed by atoms with Crippen LogP contribution >= 0.6 is 22.7 Å². The molecule has 3 heterocycles. The Morgan fingerprint density at radius 3 is 1.84 bits per heavy atom. The standard InChI is InChI=1S/C44H23N5S2/c1-46-33-13-19-38-42(24-33)51-44(48-38)32-12-17-36-35-16-11-31(43-47-37-18-6-26(25-45)20-41(37)50-43)22-39(35)49(40(36)23-32)34-14-9-28(10-15-34)30-8-7-27-4-2-3-5-29(27)21-30/h2-24H. The number of hydrogen-bond donors (Lipinski definition) is 0. The molecule has 5 nitrogen and oxygen atoms in total. The van der Waals surface area contributed by atoms with Crippen LogP contribution in [-0.2, 0) is 0 Å². The van der Waals surface area contributed by atoms with Crippen LogP contribution in [0.4, 0.5) is 5.69 Å². The Bertz CT molecular complexity index is 2960. The molecule has 7 heteroatoms. The van der Waals surface area contributed by atoms with Gasteiger partial charge in [0.15, 0.2) is 5.69 Å². The summed E-state index contributed by atoms with van der Waals surface area (Å²) < 4.78 is 4.34. The summed E-state index contributed by atoms with van der Waals surface area (Å²) in [5, 5.41) is 16.0. The van der Waals surface area contributed by atoms with Gasteiger partial charge in [0, 0.05) is 32.3 Å². The Morgan fingerprint density at radius 1 is 0.569 bits per heavy atom. The van der Waals surface area contributed by atoms with Crippen LogP contribution in [0.25, 0.3) is 95.8 Å².